The Morgan fingerprint density at radius 3 is 1.10 bits per heavy atom. The minimum Gasteiger partial charge on any atom is -0.507 e. The van der Waals surface area contributed by atoms with Crippen LogP contribution in [0.4, 0.5) is 0 Å². The van der Waals surface area contributed by atoms with Crippen molar-refractivity contribution in [2.24, 2.45) is 5.73 Å². The van der Waals surface area contributed by atoms with Crippen LogP contribution in [0.15, 0.2) is 24.3 Å². The zero-order valence-electron chi connectivity index (χ0n) is 31.8. The number of imide groups is 3. The number of hydrogen-bond donors (Lipinski definition) is 3. The molecule has 0 aliphatic heterocycles. The summed E-state index contributed by atoms with van der Waals surface area (Å²) < 4.78 is 0. The fourth-order valence-electron chi connectivity index (χ4n) is 5.81. The fourth-order valence-corrected chi connectivity index (χ4v) is 5.81. The zero-order chi connectivity index (χ0) is 37.3. The Morgan fingerprint density at radius 2 is 0.854 bits per heavy atom. The molecule has 48 heavy (non-hydrogen) atoms. The van der Waals surface area contributed by atoms with Crippen molar-refractivity contribution in [1.82, 2.24) is 4.90 Å². The molecule has 0 saturated heterocycles. The number of amides is 4. The summed E-state index contributed by atoms with van der Waals surface area (Å²) in [6.07, 6.45) is 0.617. The number of phenols is 2. The average molecular weight is 665 g/mol. The van der Waals surface area contributed by atoms with Crippen LogP contribution in [0.1, 0.15) is 168 Å². The van der Waals surface area contributed by atoms with Gasteiger partial charge >= 0.3 is 0 Å². The second-order valence-electron chi connectivity index (χ2n) is 17.5. The van der Waals surface area contributed by atoms with Gasteiger partial charge in [-0.05, 0) is 81.7 Å². The molecule has 0 bridgehead atoms. The van der Waals surface area contributed by atoms with Crippen LogP contribution in [0.3, 0.4) is 0 Å². The SMILES string of the molecule is CC(C(=O)N(C(=O)CCCCC(N)=O)C(=O)C(C)c1cc(C(C)(C)C)c(O)c(C(C)(C)C)c1)c1cc(C(C)(C)C)c(O)c(C(C)(C)C)c1. The third-order valence-corrected chi connectivity index (χ3v) is 8.99. The highest BCUT2D eigenvalue weighted by molar-refractivity contribution is 6.14. The van der Waals surface area contributed by atoms with Gasteiger partial charge in [0, 0.05) is 12.8 Å². The number of hydrogen-bond acceptors (Lipinski definition) is 6. The average Bonchev–Trinajstić information content (AvgIpc) is 2.92. The van der Waals surface area contributed by atoms with E-state index in [0.717, 1.165) is 4.90 Å². The van der Waals surface area contributed by atoms with Gasteiger partial charge in [-0.1, -0.05) is 107 Å². The number of benzene rings is 2. The molecule has 2 aromatic carbocycles. The lowest BCUT2D eigenvalue weighted by atomic mass is 9.77. The second kappa shape index (κ2) is 14.4. The van der Waals surface area contributed by atoms with Crippen molar-refractivity contribution in [3.8, 4) is 11.5 Å². The van der Waals surface area contributed by atoms with Crippen LogP contribution in [0.5, 0.6) is 11.5 Å². The molecule has 8 nitrogen and oxygen atoms in total. The lowest BCUT2D eigenvalue weighted by Crippen LogP contribution is -2.45. The van der Waals surface area contributed by atoms with Crippen LogP contribution in [0.25, 0.3) is 0 Å². The van der Waals surface area contributed by atoms with Gasteiger partial charge in [-0.2, -0.15) is 0 Å². The lowest BCUT2D eigenvalue weighted by molar-refractivity contribution is -0.155. The standard InChI is InChI=1S/C40H60N2O6/c1-23(25-19-27(37(3,4)5)33(45)28(20-25)38(6,7)8)35(47)42(32(44)18-16-15-17-31(41)43)36(48)24(2)26-21-29(39(9,10)11)34(46)30(22-26)40(12,13)14/h19-24,45-46H,15-18H2,1-14H3,(H2,41,43). The van der Waals surface area contributed by atoms with Crippen molar-refractivity contribution in [3.05, 3.63) is 57.6 Å². The number of nitrogens with two attached hydrogens (primary N) is 1. The van der Waals surface area contributed by atoms with Gasteiger partial charge < -0.3 is 15.9 Å². The Morgan fingerprint density at radius 1 is 0.583 bits per heavy atom. The quantitative estimate of drug-likeness (QED) is 0.232. The predicted octanol–water partition coefficient (Wildman–Crippen LogP) is 8.12. The first-order valence-electron chi connectivity index (χ1n) is 17.0. The molecule has 2 rings (SSSR count). The van der Waals surface area contributed by atoms with Crippen LogP contribution in [-0.2, 0) is 40.8 Å². The number of carbonyl (C=O) groups excluding carboxylic acids is 4. The Bertz CT molecular complexity index is 1370. The molecule has 2 aromatic rings. The molecule has 0 saturated carbocycles. The van der Waals surface area contributed by atoms with E-state index in [9.17, 15) is 29.4 Å². The number of nitrogens with zero attached hydrogens (tertiary/aromatic N) is 1. The highest BCUT2D eigenvalue weighted by atomic mass is 16.3. The summed E-state index contributed by atoms with van der Waals surface area (Å²) in [5.41, 5.74) is 7.36. The molecule has 2 unspecified atom stereocenters. The Labute approximate surface area is 288 Å². The van der Waals surface area contributed by atoms with E-state index in [1.54, 1.807) is 38.1 Å². The third-order valence-electron chi connectivity index (χ3n) is 8.99. The summed E-state index contributed by atoms with van der Waals surface area (Å²) in [7, 11) is 0. The number of primary amides is 1. The van der Waals surface area contributed by atoms with E-state index in [0.29, 0.717) is 39.8 Å². The molecular weight excluding hydrogens is 604 g/mol. The van der Waals surface area contributed by atoms with Crippen molar-refractivity contribution in [2.45, 2.75) is 156 Å². The molecule has 266 valence electrons. The predicted molar refractivity (Wildman–Crippen MR) is 192 cm³/mol. The molecule has 0 aromatic heterocycles. The Kier molecular flexibility index (Phi) is 12.2. The highest BCUT2D eigenvalue weighted by Crippen LogP contribution is 2.43. The largest absolute Gasteiger partial charge is 0.507 e. The minimum absolute atomic E-state index is 0.0965. The van der Waals surface area contributed by atoms with Gasteiger partial charge in [0.1, 0.15) is 11.5 Å². The van der Waals surface area contributed by atoms with Gasteiger partial charge in [-0.15, -0.1) is 0 Å². The normalized spacial score (nSPS) is 14.0. The molecule has 0 aliphatic carbocycles. The number of aromatic hydroxyl groups is 2. The van der Waals surface area contributed by atoms with Crippen LogP contribution in [0, 0.1) is 0 Å². The number of carbonyl (C=O) groups is 4. The smallest absolute Gasteiger partial charge is 0.243 e. The highest BCUT2D eigenvalue weighted by Gasteiger charge is 2.38. The van der Waals surface area contributed by atoms with Gasteiger partial charge in [-0.25, -0.2) is 4.90 Å². The van der Waals surface area contributed by atoms with Crippen molar-refractivity contribution in [1.29, 1.82) is 0 Å². The van der Waals surface area contributed by atoms with Crippen molar-refractivity contribution in [3.63, 3.8) is 0 Å². The molecule has 0 aliphatic rings. The van der Waals surface area contributed by atoms with Gasteiger partial charge in [0.05, 0.1) is 11.8 Å². The lowest BCUT2D eigenvalue weighted by Gasteiger charge is -2.31. The maximum absolute atomic E-state index is 14.4. The summed E-state index contributed by atoms with van der Waals surface area (Å²) in [6, 6.07) is 7.17. The second-order valence-corrected chi connectivity index (χ2v) is 17.5. The van der Waals surface area contributed by atoms with Gasteiger partial charge in [0.15, 0.2) is 0 Å². The molecule has 0 heterocycles. The fraction of sp³-hybridized carbons (Fsp3) is 0.600. The minimum atomic E-state index is -0.895. The first-order valence-corrected chi connectivity index (χ1v) is 17.0. The molecule has 8 heteroatoms. The molecule has 2 atom stereocenters. The Hall–Kier alpha value is -3.68. The summed E-state index contributed by atoms with van der Waals surface area (Å²) >= 11 is 0. The Balaban J connectivity index is 2.75. The monoisotopic (exact) mass is 664 g/mol. The number of rotatable bonds is 9. The van der Waals surface area contributed by atoms with Crippen LogP contribution in [0.2, 0.25) is 0 Å². The molecule has 0 fully saturated rings. The molecule has 4 amide bonds. The third kappa shape index (κ3) is 9.48. The van der Waals surface area contributed by atoms with Crippen molar-refractivity contribution >= 4 is 23.6 Å². The van der Waals surface area contributed by atoms with E-state index >= 15 is 0 Å². The van der Waals surface area contributed by atoms with Crippen LogP contribution >= 0.6 is 0 Å². The van der Waals surface area contributed by atoms with Gasteiger partial charge in [0.2, 0.25) is 23.6 Å². The van der Waals surface area contributed by atoms with E-state index in [2.05, 4.69) is 0 Å². The summed E-state index contributed by atoms with van der Waals surface area (Å²) in [4.78, 5) is 54.8. The zero-order valence-corrected chi connectivity index (χ0v) is 31.8. The number of unbranched alkanes of at least 4 members (excludes halogenated alkanes) is 1. The van der Waals surface area contributed by atoms with Gasteiger partial charge in [-0.3, -0.25) is 19.2 Å². The molecule has 0 radical (unpaired) electrons. The first-order chi connectivity index (χ1) is 21.6. The van der Waals surface area contributed by atoms with E-state index in [4.69, 9.17) is 5.73 Å². The topological polar surface area (TPSA) is 138 Å². The molecular formula is C40H60N2O6. The van der Waals surface area contributed by atoms with Crippen molar-refractivity contribution < 1.29 is 29.4 Å². The van der Waals surface area contributed by atoms with E-state index in [1.807, 2.05) is 83.1 Å². The van der Waals surface area contributed by atoms with Crippen molar-refractivity contribution in [2.75, 3.05) is 0 Å². The molecule has 0 spiro atoms. The summed E-state index contributed by atoms with van der Waals surface area (Å²) in [6.45, 7) is 27.1. The van der Waals surface area contributed by atoms with Crippen LogP contribution in [-0.4, -0.2) is 38.7 Å². The van der Waals surface area contributed by atoms with E-state index < -0.39 is 57.1 Å². The maximum atomic E-state index is 14.4. The van der Waals surface area contributed by atoms with Gasteiger partial charge in [0.25, 0.3) is 0 Å². The van der Waals surface area contributed by atoms with E-state index in [1.165, 1.54) is 0 Å². The summed E-state index contributed by atoms with van der Waals surface area (Å²) in [5.74, 6) is -3.91. The first kappa shape index (κ1) is 40.5. The molecule has 4 N–H and O–H groups in total. The maximum Gasteiger partial charge on any atom is 0.243 e. The number of phenolic OH excluding ortho intramolecular Hbond substituents is 2. The summed E-state index contributed by atoms with van der Waals surface area (Å²) in [5, 5.41) is 22.5. The van der Waals surface area contributed by atoms with Crippen LogP contribution < -0.4 is 5.73 Å². The van der Waals surface area contributed by atoms with E-state index in [-0.39, 0.29) is 30.8 Å².